The molecule has 1 fully saturated rings. The Morgan fingerprint density at radius 2 is 2.47 bits per heavy atom. The Hall–Kier alpha value is -0.720. The molecule has 0 aliphatic carbocycles. The zero-order chi connectivity index (χ0) is 10.5. The van der Waals surface area contributed by atoms with Crippen molar-refractivity contribution in [2.75, 3.05) is 31.7 Å². The Balaban J connectivity index is 1.84. The molecule has 0 bridgehead atoms. The van der Waals surface area contributed by atoms with E-state index >= 15 is 0 Å². The first-order chi connectivity index (χ1) is 7.36. The van der Waals surface area contributed by atoms with Crippen molar-refractivity contribution in [3.8, 4) is 0 Å². The van der Waals surface area contributed by atoms with Crippen molar-refractivity contribution in [3.05, 3.63) is 17.0 Å². The first-order valence-corrected chi connectivity index (χ1v) is 5.54. The third kappa shape index (κ3) is 3.12. The lowest BCUT2D eigenvalue weighted by Crippen LogP contribution is -2.34. The van der Waals surface area contributed by atoms with Gasteiger partial charge >= 0.3 is 0 Å². The lowest BCUT2D eigenvalue weighted by atomic mass is 10.3. The van der Waals surface area contributed by atoms with Gasteiger partial charge in [0.05, 0.1) is 30.4 Å². The Morgan fingerprint density at radius 3 is 3.20 bits per heavy atom. The Morgan fingerprint density at radius 1 is 1.53 bits per heavy atom. The van der Waals surface area contributed by atoms with Crippen molar-refractivity contribution in [2.24, 2.45) is 0 Å². The van der Waals surface area contributed by atoms with Crippen molar-refractivity contribution in [3.63, 3.8) is 0 Å². The molecule has 1 aromatic rings. The molecule has 6 heteroatoms. The third-order valence-corrected chi connectivity index (χ3v) is 2.63. The van der Waals surface area contributed by atoms with Crippen LogP contribution in [0.2, 0.25) is 0 Å². The van der Waals surface area contributed by atoms with E-state index in [-0.39, 0.29) is 6.10 Å². The van der Waals surface area contributed by atoms with Crippen LogP contribution in [-0.2, 0) is 9.47 Å². The fourth-order valence-electron chi connectivity index (χ4n) is 1.31. The fourth-order valence-corrected chi connectivity index (χ4v) is 1.67. The van der Waals surface area contributed by atoms with Crippen LogP contribution in [0.4, 0.5) is 5.82 Å². The minimum atomic E-state index is 0.0978. The van der Waals surface area contributed by atoms with Crippen molar-refractivity contribution in [1.82, 2.24) is 9.97 Å². The summed E-state index contributed by atoms with van der Waals surface area (Å²) < 4.78 is 11.6. The minimum absolute atomic E-state index is 0.0978. The summed E-state index contributed by atoms with van der Waals surface area (Å²) in [5.41, 5.74) is 0. The van der Waals surface area contributed by atoms with E-state index < -0.39 is 0 Å². The van der Waals surface area contributed by atoms with Crippen molar-refractivity contribution >= 4 is 21.7 Å². The number of rotatable bonds is 3. The molecule has 1 saturated heterocycles. The molecule has 0 aromatic carbocycles. The van der Waals surface area contributed by atoms with Crippen LogP contribution in [0, 0.1) is 0 Å². The number of nitrogens with one attached hydrogen (secondary N) is 1. The molecule has 1 aliphatic heterocycles. The van der Waals surface area contributed by atoms with Gasteiger partial charge in [0, 0.05) is 12.7 Å². The highest BCUT2D eigenvalue weighted by molar-refractivity contribution is 9.10. The van der Waals surface area contributed by atoms with Gasteiger partial charge in [-0.25, -0.2) is 9.97 Å². The van der Waals surface area contributed by atoms with Crippen LogP contribution in [0.15, 0.2) is 17.0 Å². The van der Waals surface area contributed by atoms with Crippen LogP contribution in [-0.4, -0.2) is 42.4 Å². The fraction of sp³-hybridized carbons (Fsp3) is 0.556. The lowest BCUT2D eigenvalue weighted by molar-refractivity contribution is -0.0819. The number of anilines is 1. The van der Waals surface area contributed by atoms with E-state index in [4.69, 9.17) is 9.47 Å². The summed E-state index contributed by atoms with van der Waals surface area (Å²) in [7, 11) is 0. The van der Waals surface area contributed by atoms with E-state index in [1.165, 1.54) is 6.33 Å². The maximum atomic E-state index is 5.49. The van der Waals surface area contributed by atoms with Gasteiger partial charge in [0.2, 0.25) is 0 Å². The summed E-state index contributed by atoms with van der Waals surface area (Å²) in [6.45, 7) is 2.68. The molecule has 1 N–H and O–H groups in total. The van der Waals surface area contributed by atoms with Gasteiger partial charge < -0.3 is 14.8 Å². The minimum Gasteiger partial charge on any atom is -0.376 e. The average molecular weight is 274 g/mol. The van der Waals surface area contributed by atoms with Gasteiger partial charge in [-0.05, 0) is 15.9 Å². The SMILES string of the molecule is Brc1cncnc1NCC1COCCO1. The number of ether oxygens (including phenoxy) is 2. The second kappa shape index (κ2) is 5.39. The molecular formula is C9H12BrN3O2. The summed E-state index contributed by atoms with van der Waals surface area (Å²) in [5.74, 6) is 0.777. The first-order valence-electron chi connectivity index (χ1n) is 4.75. The molecule has 1 aliphatic rings. The maximum absolute atomic E-state index is 5.49. The molecule has 0 amide bonds. The van der Waals surface area contributed by atoms with Crippen LogP contribution >= 0.6 is 15.9 Å². The van der Waals surface area contributed by atoms with Crippen LogP contribution in [0.1, 0.15) is 0 Å². The lowest BCUT2D eigenvalue weighted by Gasteiger charge is -2.23. The van der Waals surface area contributed by atoms with E-state index in [9.17, 15) is 0 Å². The molecule has 0 spiro atoms. The summed E-state index contributed by atoms with van der Waals surface area (Å²) in [5, 5.41) is 3.18. The van der Waals surface area contributed by atoms with Crippen molar-refractivity contribution in [2.45, 2.75) is 6.10 Å². The summed E-state index contributed by atoms with van der Waals surface area (Å²) in [4.78, 5) is 7.98. The standard InChI is InChI=1S/C9H12BrN3O2/c10-8-4-11-6-13-9(8)12-3-7-5-14-1-2-15-7/h4,6-7H,1-3,5H2,(H,11,12,13). The molecule has 2 heterocycles. The van der Waals surface area contributed by atoms with E-state index in [1.54, 1.807) is 6.20 Å². The van der Waals surface area contributed by atoms with Crippen molar-refractivity contribution in [1.29, 1.82) is 0 Å². The normalized spacial score (nSPS) is 21.3. The molecule has 1 unspecified atom stereocenters. The molecule has 1 aromatic heterocycles. The topological polar surface area (TPSA) is 56.3 Å². The molecule has 82 valence electrons. The predicted molar refractivity (Wildman–Crippen MR) is 58.8 cm³/mol. The maximum Gasteiger partial charge on any atom is 0.143 e. The highest BCUT2D eigenvalue weighted by Crippen LogP contribution is 2.17. The van der Waals surface area contributed by atoms with Gasteiger partial charge in [0.25, 0.3) is 0 Å². The Kier molecular flexibility index (Phi) is 3.87. The predicted octanol–water partition coefficient (Wildman–Crippen LogP) is 1.07. The molecular weight excluding hydrogens is 262 g/mol. The van der Waals surface area contributed by atoms with E-state index in [0.29, 0.717) is 26.4 Å². The van der Waals surface area contributed by atoms with Crippen molar-refractivity contribution < 1.29 is 9.47 Å². The number of aromatic nitrogens is 2. The summed E-state index contributed by atoms with van der Waals surface area (Å²) in [6, 6.07) is 0. The molecule has 0 saturated carbocycles. The number of halogens is 1. The van der Waals surface area contributed by atoms with Gasteiger partial charge in [0.1, 0.15) is 12.1 Å². The monoisotopic (exact) mass is 273 g/mol. The zero-order valence-corrected chi connectivity index (χ0v) is 9.74. The van der Waals surface area contributed by atoms with Crippen LogP contribution in [0.3, 0.4) is 0 Å². The Labute approximate surface area is 96.3 Å². The second-order valence-electron chi connectivity index (χ2n) is 3.17. The van der Waals surface area contributed by atoms with Crippen LogP contribution < -0.4 is 5.32 Å². The van der Waals surface area contributed by atoms with E-state index in [2.05, 4.69) is 31.2 Å². The number of hydrogen-bond donors (Lipinski definition) is 1. The second-order valence-corrected chi connectivity index (χ2v) is 4.02. The smallest absolute Gasteiger partial charge is 0.143 e. The largest absolute Gasteiger partial charge is 0.376 e. The van der Waals surface area contributed by atoms with Gasteiger partial charge in [-0.15, -0.1) is 0 Å². The molecule has 15 heavy (non-hydrogen) atoms. The highest BCUT2D eigenvalue weighted by Gasteiger charge is 2.14. The van der Waals surface area contributed by atoms with Crippen LogP contribution in [0.25, 0.3) is 0 Å². The third-order valence-electron chi connectivity index (χ3n) is 2.05. The highest BCUT2D eigenvalue weighted by atomic mass is 79.9. The summed E-state index contributed by atoms with van der Waals surface area (Å²) >= 11 is 3.36. The quantitative estimate of drug-likeness (QED) is 0.893. The Bertz CT molecular complexity index is 318. The van der Waals surface area contributed by atoms with E-state index in [0.717, 1.165) is 10.3 Å². The molecule has 2 rings (SSSR count). The van der Waals surface area contributed by atoms with Gasteiger partial charge in [-0.1, -0.05) is 0 Å². The molecule has 0 radical (unpaired) electrons. The number of nitrogens with zero attached hydrogens (tertiary/aromatic N) is 2. The molecule has 1 atom stereocenters. The first kappa shape index (κ1) is 10.8. The number of hydrogen-bond acceptors (Lipinski definition) is 5. The van der Waals surface area contributed by atoms with Gasteiger partial charge in [0.15, 0.2) is 0 Å². The van der Waals surface area contributed by atoms with Gasteiger partial charge in [-0.2, -0.15) is 0 Å². The average Bonchev–Trinajstić information content (AvgIpc) is 2.29. The van der Waals surface area contributed by atoms with E-state index in [1.807, 2.05) is 0 Å². The zero-order valence-electron chi connectivity index (χ0n) is 8.15. The summed E-state index contributed by atoms with van der Waals surface area (Å²) in [6.07, 6.45) is 3.31. The van der Waals surface area contributed by atoms with Gasteiger partial charge in [-0.3, -0.25) is 0 Å². The van der Waals surface area contributed by atoms with Crippen LogP contribution in [0.5, 0.6) is 0 Å². The molecule has 5 nitrogen and oxygen atoms in total.